The average molecular weight is 503 g/mol. The molecular weight excluding hydrogens is 460 g/mol. The number of ether oxygens (including phenoxy) is 3. The molecule has 2 aromatic carbocycles. The van der Waals surface area contributed by atoms with E-state index in [1.807, 2.05) is 77.9 Å². The summed E-state index contributed by atoms with van der Waals surface area (Å²) >= 11 is 0. The number of aliphatic hydroxyl groups excluding tert-OH is 1. The molecule has 3 rings (SSSR count). The lowest BCUT2D eigenvalue weighted by Crippen LogP contribution is -2.28. The quantitative estimate of drug-likeness (QED) is 0.484. The zero-order valence-electron chi connectivity index (χ0n) is 22.9. The van der Waals surface area contributed by atoms with Crippen molar-refractivity contribution in [1.82, 2.24) is 0 Å². The number of methoxy groups -OCH3 is 2. The van der Waals surface area contributed by atoms with Crippen molar-refractivity contribution < 1.29 is 28.9 Å². The lowest BCUT2D eigenvalue weighted by Gasteiger charge is -2.20. The first-order chi connectivity index (χ1) is 16.8. The number of amides is 2. The van der Waals surface area contributed by atoms with Gasteiger partial charge in [0.2, 0.25) is 11.8 Å². The van der Waals surface area contributed by atoms with Crippen LogP contribution < -0.4 is 20.1 Å². The van der Waals surface area contributed by atoms with Crippen LogP contribution in [0.4, 0.5) is 11.4 Å². The van der Waals surface area contributed by atoms with Crippen LogP contribution in [-0.4, -0.2) is 51.0 Å². The molecule has 2 aromatic rings. The largest absolute Gasteiger partial charge is 0.497 e. The van der Waals surface area contributed by atoms with Crippen molar-refractivity contribution in [2.45, 2.75) is 48.0 Å². The molecule has 0 atom stereocenters. The number of aliphatic hydroxyl groups is 1. The molecule has 1 saturated heterocycles. The second-order valence-electron chi connectivity index (χ2n) is 10.2. The Kier molecular flexibility index (Phi) is 12.4. The van der Waals surface area contributed by atoms with Crippen LogP contribution in [0.15, 0.2) is 42.5 Å². The van der Waals surface area contributed by atoms with Crippen molar-refractivity contribution in [2.24, 2.45) is 10.8 Å². The van der Waals surface area contributed by atoms with E-state index in [4.69, 9.17) is 14.6 Å². The molecule has 1 heterocycles. The molecule has 0 aliphatic carbocycles. The lowest BCUT2D eigenvalue weighted by atomic mass is 9.95. The Morgan fingerprint density at radius 3 is 1.92 bits per heavy atom. The number of hydrogen-bond donors (Lipinski definition) is 3. The number of hydrogen-bond acceptors (Lipinski definition) is 6. The molecule has 1 fully saturated rings. The predicted molar refractivity (Wildman–Crippen MR) is 144 cm³/mol. The fourth-order valence-electron chi connectivity index (χ4n) is 2.57. The summed E-state index contributed by atoms with van der Waals surface area (Å²) in [6.07, 6.45) is 0.448. The average Bonchev–Trinajstić information content (AvgIpc) is 3.69. The Bertz CT molecular complexity index is 972. The highest BCUT2D eigenvalue weighted by Gasteiger charge is 2.23. The summed E-state index contributed by atoms with van der Waals surface area (Å²) in [5.41, 5.74) is 1.43. The first kappa shape index (κ1) is 30.9. The summed E-state index contributed by atoms with van der Waals surface area (Å²) in [6, 6.07) is 12.8. The summed E-state index contributed by atoms with van der Waals surface area (Å²) in [4.78, 5) is 23.7. The number of rotatable bonds is 6. The molecule has 1 aliphatic rings. The van der Waals surface area contributed by atoms with E-state index in [1.54, 1.807) is 20.3 Å². The number of carbonyl (C=O) groups excluding carboxylic acids is 2. The zero-order valence-corrected chi connectivity index (χ0v) is 22.9. The topological polar surface area (TPSA) is 109 Å². The molecular formula is C28H42N2O6. The molecule has 1 aliphatic heterocycles. The van der Waals surface area contributed by atoms with Crippen molar-refractivity contribution >= 4 is 23.2 Å². The van der Waals surface area contributed by atoms with Gasteiger partial charge in [0.25, 0.3) is 0 Å². The number of carbonyl (C=O) groups is 2. The maximum Gasteiger partial charge on any atom is 0.229 e. The molecule has 8 nitrogen and oxygen atoms in total. The Morgan fingerprint density at radius 1 is 0.889 bits per heavy atom. The molecule has 0 saturated carbocycles. The van der Waals surface area contributed by atoms with Crippen LogP contribution in [0.3, 0.4) is 0 Å². The van der Waals surface area contributed by atoms with Gasteiger partial charge in [-0.3, -0.25) is 9.59 Å². The monoisotopic (exact) mass is 502 g/mol. The highest BCUT2D eigenvalue weighted by molar-refractivity contribution is 5.95. The molecule has 0 bridgehead atoms. The van der Waals surface area contributed by atoms with Gasteiger partial charge in [-0.15, -0.1) is 0 Å². The highest BCUT2D eigenvalue weighted by Crippen LogP contribution is 2.28. The number of anilines is 2. The molecule has 36 heavy (non-hydrogen) atoms. The molecule has 2 amide bonds. The van der Waals surface area contributed by atoms with Crippen LogP contribution in [0, 0.1) is 10.8 Å². The van der Waals surface area contributed by atoms with Gasteiger partial charge in [-0.05, 0) is 24.3 Å². The van der Waals surface area contributed by atoms with Gasteiger partial charge in [0.1, 0.15) is 11.5 Å². The van der Waals surface area contributed by atoms with E-state index in [9.17, 15) is 9.59 Å². The smallest absolute Gasteiger partial charge is 0.229 e. The molecule has 200 valence electrons. The third kappa shape index (κ3) is 11.6. The first-order valence-corrected chi connectivity index (χ1v) is 11.9. The van der Waals surface area contributed by atoms with Crippen LogP contribution in [0.2, 0.25) is 0 Å². The lowest BCUT2D eigenvalue weighted by molar-refractivity contribution is -0.123. The first-order valence-electron chi connectivity index (χ1n) is 11.9. The third-order valence-corrected chi connectivity index (χ3v) is 4.86. The fraction of sp³-hybridized carbons (Fsp3) is 0.500. The number of benzene rings is 2. The van der Waals surface area contributed by atoms with Gasteiger partial charge in [0.05, 0.1) is 27.4 Å². The van der Waals surface area contributed by atoms with Crippen LogP contribution in [0.25, 0.3) is 0 Å². The molecule has 3 N–H and O–H groups in total. The van der Waals surface area contributed by atoms with E-state index in [2.05, 4.69) is 15.4 Å². The minimum Gasteiger partial charge on any atom is -0.497 e. The number of epoxide rings is 1. The molecule has 0 unspecified atom stereocenters. The molecule has 0 aromatic heterocycles. The van der Waals surface area contributed by atoms with Crippen molar-refractivity contribution in [1.29, 1.82) is 0 Å². The SMILES string of the molecule is C1CO1.COc1cccc(NC(=O)C(C)(C)C)c1.COc1cccc(NC(=O)C(C)(C)C)c1CCO. The van der Waals surface area contributed by atoms with Crippen molar-refractivity contribution in [3.05, 3.63) is 48.0 Å². The molecule has 0 spiro atoms. The number of nitrogens with one attached hydrogen (secondary N) is 2. The summed E-state index contributed by atoms with van der Waals surface area (Å²) in [7, 11) is 3.18. The van der Waals surface area contributed by atoms with E-state index >= 15 is 0 Å². The molecule has 0 radical (unpaired) electrons. The van der Waals surface area contributed by atoms with Crippen molar-refractivity contribution in [2.75, 3.05) is 44.7 Å². The Balaban J connectivity index is 0.000000325. The van der Waals surface area contributed by atoms with Crippen LogP contribution in [0.5, 0.6) is 11.5 Å². The summed E-state index contributed by atoms with van der Waals surface area (Å²) in [6.45, 7) is 13.2. The van der Waals surface area contributed by atoms with Gasteiger partial charge in [0.15, 0.2) is 0 Å². The highest BCUT2D eigenvalue weighted by atomic mass is 16.6. The van der Waals surface area contributed by atoms with Gasteiger partial charge in [-0.2, -0.15) is 0 Å². The van der Waals surface area contributed by atoms with E-state index in [0.717, 1.165) is 30.2 Å². The van der Waals surface area contributed by atoms with E-state index in [1.165, 1.54) is 0 Å². The van der Waals surface area contributed by atoms with E-state index in [-0.39, 0.29) is 23.8 Å². The summed E-state index contributed by atoms with van der Waals surface area (Å²) in [5, 5.41) is 14.8. The summed E-state index contributed by atoms with van der Waals surface area (Å²) in [5.74, 6) is 1.35. The Labute approximate surface area is 215 Å². The van der Waals surface area contributed by atoms with Gasteiger partial charge >= 0.3 is 0 Å². The van der Waals surface area contributed by atoms with Crippen molar-refractivity contribution in [3.8, 4) is 11.5 Å². The second kappa shape index (κ2) is 14.5. The maximum atomic E-state index is 12.0. The van der Waals surface area contributed by atoms with Gasteiger partial charge in [-0.25, -0.2) is 0 Å². The van der Waals surface area contributed by atoms with Crippen molar-refractivity contribution in [3.63, 3.8) is 0 Å². The van der Waals surface area contributed by atoms with Gasteiger partial charge in [0, 0.05) is 46.9 Å². The predicted octanol–water partition coefficient (Wildman–Crippen LogP) is 4.91. The maximum absolute atomic E-state index is 12.0. The normalized spacial score (nSPS) is 12.1. The Hall–Kier alpha value is -3.10. The zero-order chi connectivity index (χ0) is 27.4. The Morgan fingerprint density at radius 2 is 1.44 bits per heavy atom. The molecule has 8 heteroatoms. The second-order valence-corrected chi connectivity index (χ2v) is 10.2. The van der Waals surface area contributed by atoms with E-state index < -0.39 is 5.41 Å². The van der Waals surface area contributed by atoms with Crippen LogP contribution >= 0.6 is 0 Å². The summed E-state index contributed by atoms with van der Waals surface area (Å²) < 4.78 is 14.8. The van der Waals surface area contributed by atoms with E-state index in [0.29, 0.717) is 17.9 Å². The minimum absolute atomic E-state index is 0.00393. The third-order valence-electron chi connectivity index (χ3n) is 4.86. The standard InChI is InChI=1S/C14H21NO3.C12H17NO2.C2H4O/c1-14(2,3)13(17)15-11-6-5-7-12(18-4)10(11)8-9-16;1-12(2,3)11(14)13-9-6-5-7-10(8-9)15-4;1-2-3-1/h5-7,16H,8-9H2,1-4H3,(H,15,17);5-8H,1-4H3,(H,13,14);1-2H2. The van der Waals surface area contributed by atoms with Gasteiger partial charge < -0.3 is 30.0 Å². The fourth-order valence-corrected chi connectivity index (χ4v) is 2.57. The van der Waals surface area contributed by atoms with Crippen LogP contribution in [0.1, 0.15) is 47.1 Å². The van der Waals surface area contributed by atoms with Gasteiger partial charge in [-0.1, -0.05) is 53.7 Å². The van der Waals surface area contributed by atoms with Crippen LogP contribution in [-0.2, 0) is 20.7 Å². The minimum atomic E-state index is -0.459.